The lowest BCUT2D eigenvalue weighted by Crippen LogP contribution is -2.30. The maximum absolute atomic E-state index is 12.5. The van der Waals surface area contributed by atoms with Gasteiger partial charge in [-0.15, -0.1) is 0 Å². The monoisotopic (exact) mass is 613 g/mol. The average molecular weight is 614 g/mol. The molecule has 4 N–H and O–H groups in total. The van der Waals surface area contributed by atoms with Gasteiger partial charge in [-0.1, -0.05) is 19.1 Å². The van der Waals surface area contributed by atoms with E-state index in [1.165, 1.54) is 0 Å². The third-order valence-electron chi connectivity index (χ3n) is 7.21. The average Bonchev–Trinajstić information content (AvgIpc) is 3.70. The molecule has 1 aromatic carbocycles. The Balaban J connectivity index is 1.51. The minimum Gasteiger partial charge on any atom is -0.479 e. The van der Waals surface area contributed by atoms with Crippen LogP contribution in [0.2, 0.25) is 0 Å². The van der Waals surface area contributed by atoms with Gasteiger partial charge in [0.25, 0.3) is 0 Å². The number of amides is 1. The van der Waals surface area contributed by atoms with Crippen LogP contribution >= 0.6 is 0 Å². The molecular weight excluding hydrogens is 574 g/mol. The van der Waals surface area contributed by atoms with Crippen LogP contribution in [0, 0.1) is 0 Å². The molecule has 13 nitrogen and oxygen atoms in total. The van der Waals surface area contributed by atoms with Crippen LogP contribution in [0.4, 0.5) is 23.1 Å². The first-order chi connectivity index (χ1) is 21.8. The number of nitrogens with one attached hydrogen (secondary N) is 3. The van der Waals surface area contributed by atoms with Gasteiger partial charge in [0.05, 0.1) is 36.1 Å². The molecule has 0 aliphatic carbocycles. The summed E-state index contributed by atoms with van der Waals surface area (Å²) < 4.78 is 11.3. The predicted molar refractivity (Wildman–Crippen MR) is 175 cm³/mol. The number of furan rings is 1. The van der Waals surface area contributed by atoms with Crippen molar-refractivity contribution in [2.75, 3.05) is 63.5 Å². The fraction of sp³-hybridized carbons (Fsp3) is 0.344. The van der Waals surface area contributed by atoms with Gasteiger partial charge in [-0.3, -0.25) is 4.79 Å². The quantitative estimate of drug-likeness (QED) is 0.138. The smallest absolute Gasteiger partial charge is 0.239 e. The van der Waals surface area contributed by atoms with Gasteiger partial charge in [0.2, 0.25) is 17.7 Å². The molecule has 0 aliphatic rings. The summed E-state index contributed by atoms with van der Waals surface area (Å²) in [6.07, 6.45) is 4.78. The molecule has 0 saturated heterocycles. The second kappa shape index (κ2) is 14.2. The zero-order valence-corrected chi connectivity index (χ0v) is 26.2. The van der Waals surface area contributed by atoms with Crippen LogP contribution in [0.25, 0.3) is 33.6 Å². The summed E-state index contributed by atoms with van der Waals surface area (Å²) in [5, 5.41) is 16.6. The molecule has 0 unspecified atom stereocenters. The normalized spacial score (nSPS) is 11.3. The van der Waals surface area contributed by atoms with E-state index in [0.29, 0.717) is 71.9 Å². The third-order valence-corrected chi connectivity index (χ3v) is 7.21. The zero-order chi connectivity index (χ0) is 31.9. The van der Waals surface area contributed by atoms with Gasteiger partial charge >= 0.3 is 0 Å². The van der Waals surface area contributed by atoms with Crippen molar-refractivity contribution in [3.63, 3.8) is 0 Å². The topological polar surface area (TPSA) is 158 Å². The molecule has 0 atom stereocenters. The molecule has 236 valence electrons. The first-order valence-electron chi connectivity index (χ1n) is 14.8. The molecule has 5 rings (SSSR count). The van der Waals surface area contributed by atoms with Gasteiger partial charge in [-0.25, -0.2) is 15.0 Å². The summed E-state index contributed by atoms with van der Waals surface area (Å²) in [6.45, 7) is 3.35. The number of carbonyl (C=O) groups is 1. The summed E-state index contributed by atoms with van der Waals surface area (Å²) in [4.78, 5) is 38.8. The Morgan fingerprint density at radius 1 is 1.07 bits per heavy atom. The van der Waals surface area contributed by atoms with Crippen LogP contribution < -0.4 is 20.3 Å². The van der Waals surface area contributed by atoms with E-state index in [0.717, 1.165) is 28.9 Å². The third kappa shape index (κ3) is 7.39. The maximum Gasteiger partial charge on any atom is 0.239 e. The van der Waals surface area contributed by atoms with E-state index < -0.39 is 0 Å². The lowest BCUT2D eigenvalue weighted by atomic mass is 10.1. The Morgan fingerprint density at radius 2 is 1.91 bits per heavy atom. The number of ether oxygens (including phenoxy) is 1. The van der Waals surface area contributed by atoms with Gasteiger partial charge < -0.3 is 39.7 Å². The van der Waals surface area contributed by atoms with Crippen molar-refractivity contribution in [3.05, 3.63) is 54.7 Å². The molecule has 1 amide bonds. The fourth-order valence-electron chi connectivity index (χ4n) is 4.77. The minimum absolute atomic E-state index is 0.0616. The molecule has 0 spiro atoms. The van der Waals surface area contributed by atoms with Crippen LogP contribution in [0.5, 0.6) is 5.88 Å². The summed E-state index contributed by atoms with van der Waals surface area (Å²) in [5.41, 5.74) is 4.67. The van der Waals surface area contributed by atoms with Gasteiger partial charge in [0, 0.05) is 56.7 Å². The fourth-order valence-corrected chi connectivity index (χ4v) is 4.77. The molecular formula is C32H39N9O4. The summed E-state index contributed by atoms with van der Waals surface area (Å²) in [6, 6.07) is 11.4. The van der Waals surface area contributed by atoms with Crippen LogP contribution in [0.3, 0.4) is 0 Å². The highest BCUT2D eigenvalue weighted by Crippen LogP contribution is 2.36. The van der Waals surface area contributed by atoms with Crippen LogP contribution in [0.1, 0.15) is 25.6 Å². The van der Waals surface area contributed by atoms with Crippen LogP contribution in [0.15, 0.2) is 53.3 Å². The van der Waals surface area contributed by atoms with E-state index in [1.807, 2.05) is 50.3 Å². The SMILES string of the molecule is CCC(=O)Nc1cc(Nc2nccc(-c3[nH]c(CCCO)nc3-c3ccc4ccoc4c3)n2)c(OC)nc1N(C)CCN(C)C. The van der Waals surface area contributed by atoms with Crippen LogP contribution in [-0.2, 0) is 11.2 Å². The number of fused-ring (bicyclic) bond motifs is 1. The van der Waals surface area contributed by atoms with E-state index in [4.69, 9.17) is 24.1 Å². The number of methoxy groups -OCH3 is 1. The van der Waals surface area contributed by atoms with Crippen molar-refractivity contribution < 1.29 is 19.1 Å². The minimum atomic E-state index is -0.134. The summed E-state index contributed by atoms with van der Waals surface area (Å²) in [5.74, 6) is 1.81. The van der Waals surface area contributed by atoms with Crippen LogP contribution in [-0.4, -0.2) is 88.8 Å². The second-order valence-electron chi connectivity index (χ2n) is 10.8. The molecule has 5 aromatic rings. The van der Waals surface area contributed by atoms with Gasteiger partial charge in [-0.05, 0) is 44.8 Å². The predicted octanol–water partition coefficient (Wildman–Crippen LogP) is 4.70. The number of likely N-dealkylation sites (N-methyl/N-ethyl adjacent to an activating group) is 2. The van der Waals surface area contributed by atoms with Crippen molar-refractivity contribution in [1.82, 2.24) is 29.8 Å². The maximum atomic E-state index is 12.5. The Bertz CT molecular complexity index is 1760. The number of benzene rings is 1. The lowest BCUT2D eigenvalue weighted by molar-refractivity contribution is -0.115. The summed E-state index contributed by atoms with van der Waals surface area (Å²) >= 11 is 0. The molecule has 0 bridgehead atoms. The Hall–Kier alpha value is -5.01. The highest BCUT2D eigenvalue weighted by atomic mass is 16.5. The van der Waals surface area contributed by atoms with Gasteiger partial charge in [0.15, 0.2) is 5.82 Å². The van der Waals surface area contributed by atoms with Gasteiger partial charge in [-0.2, -0.15) is 4.98 Å². The molecule has 4 heterocycles. The van der Waals surface area contributed by atoms with E-state index in [9.17, 15) is 9.90 Å². The summed E-state index contributed by atoms with van der Waals surface area (Å²) in [7, 11) is 7.47. The number of pyridine rings is 1. The largest absolute Gasteiger partial charge is 0.479 e. The van der Waals surface area contributed by atoms with E-state index in [1.54, 1.807) is 38.6 Å². The zero-order valence-electron chi connectivity index (χ0n) is 26.2. The molecule has 4 aromatic heterocycles. The molecule has 0 fully saturated rings. The van der Waals surface area contributed by atoms with E-state index in [2.05, 4.69) is 25.5 Å². The van der Waals surface area contributed by atoms with E-state index >= 15 is 0 Å². The van der Waals surface area contributed by atoms with E-state index in [-0.39, 0.29) is 12.5 Å². The Kier molecular flexibility index (Phi) is 9.90. The molecule has 45 heavy (non-hydrogen) atoms. The van der Waals surface area contributed by atoms with Crippen molar-refractivity contribution in [1.29, 1.82) is 0 Å². The Labute approximate surface area is 261 Å². The van der Waals surface area contributed by atoms with Gasteiger partial charge in [0.1, 0.15) is 17.1 Å². The number of rotatable bonds is 14. The Morgan fingerprint density at radius 3 is 2.67 bits per heavy atom. The first kappa shape index (κ1) is 31.4. The van der Waals surface area contributed by atoms with Crippen molar-refractivity contribution >= 4 is 40.0 Å². The lowest BCUT2D eigenvalue weighted by Gasteiger charge is -2.24. The highest BCUT2D eigenvalue weighted by Gasteiger charge is 2.20. The van der Waals surface area contributed by atoms with Crippen molar-refractivity contribution in [2.24, 2.45) is 0 Å². The number of aliphatic hydroxyl groups is 1. The second-order valence-corrected chi connectivity index (χ2v) is 10.8. The number of aliphatic hydroxyl groups excluding tert-OH is 1. The van der Waals surface area contributed by atoms with Crippen molar-refractivity contribution in [3.8, 4) is 28.5 Å². The molecule has 0 radical (unpaired) electrons. The number of aromatic nitrogens is 5. The molecule has 13 heteroatoms. The molecule has 0 aliphatic heterocycles. The van der Waals surface area contributed by atoms with Crippen molar-refractivity contribution in [2.45, 2.75) is 26.2 Å². The number of H-pyrrole nitrogens is 1. The number of imidazole rings is 1. The standard InChI is InChI=1S/C32H39N9O4/c1-6-27(43)34-23-19-24(31(44-5)39-30(23)41(4)15-14-40(2)3)36-32-33-13-11-22(35-32)29-28(37-26(38-29)8-7-16-42)21-10-9-20-12-17-45-25(20)18-21/h9-13,17-19,42H,6-8,14-16H2,1-5H3,(H,34,43)(H,37,38)(H,33,35,36). The highest BCUT2D eigenvalue weighted by molar-refractivity contribution is 5.95. The number of aryl methyl sites for hydroxylation is 1. The number of hydrogen-bond donors (Lipinski definition) is 4. The number of nitrogens with zero attached hydrogens (tertiary/aromatic N) is 6. The number of anilines is 4. The molecule has 0 saturated carbocycles. The first-order valence-corrected chi connectivity index (χ1v) is 14.8. The number of carbonyl (C=O) groups excluding carboxylic acids is 1. The number of aromatic amines is 1. The number of hydrogen-bond acceptors (Lipinski definition) is 11.